The second-order valence-corrected chi connectivity index (χ2v) is 5.84. The molecule has 0 nitrogen and oxygen atoms in total. The summed E-state index contributed by atoms with van der Waals surface area (Å²) in [4.78, 5) is 1.48. The van der Waals surface area contributed by atoms with Crippen molar-refractivity contribution in [1.29, 1.82) is 0 Å². The van der Waals surface area contributed by atoms with Crippen LogP contribution in [0.1, 0.15) is 23.8 Å². The fourth-order valence-corrected chi connectivity index (χ4v) is 3.66. The van der Waals surface area contributed by atoms with E-state index >= 15 is 0 Å². The van der Waals surface area contributed by atoms with Gasteiger partial charge in [-0.25, -0.2) is 0 Å². The van der Waals surface area contributed by atoms with Crippen molar-refractivity contribution in [3.63, 3.8) is 0 Å². The molecule has 0 bridgehead atoms. The predicted octanol–water partition coefficient (Wildman–Crippen LogP) is 5.32. The minimum absolute atomic E-state index is 1.20. The highest BCUT2D eigenvalue weighted by molar-refractivity contribution is 7.19. The van der Waals surface area contributed by atoms with Gasteiger partial charge >= 0.3 is 0 Å². The Hall–Kier alpha value is -1.34. The highest BCUT2D eigenvalue weighted by Crippen LogP contribution is 2.34. The number of aryl methyl sites for hydroxylation is 2. The third kappa shape index (κ3) is 1.75. The van der Waals surface area contributed by atoms with E-state index in [0.29, 0.717) is 0 Å². The molecule has 0 atom stereocenters. The molecule has 3 rings (SSSR count). The quantitative estimate of drug-likeness (QED) is 0.569. The van der Waals surface area contributed by atoms with Crippen LogP contribution in [0.15, 0.2) is 36.4 Å². The van der Waals surface area contributed by atoms with E-state index in [1.807, 2.05) is 11.3 Å². The molecule has 0 spiro atoms. The fourth-order valence-electron chi connectivity index (χ4n) is 2.52. The molecule has 0 N–H and O–H groups in total. The molecule has 0 radical (unpaired) electrons. The van der Waals surface area contributed by atoms with Crippen LogP contribution in [-0.4, -0.2) is 0 Å². The molecule has 0 unspecified atom stereocenters. The number of hydrogen-bond acceptors (Lipinski definition) is 1. The van der Waals surface area contributed by atoms with Gasteiger partial charge in [0.05, 0.1) is 0 Å². The Labute approximate surface area is 106 Å². The zero-order valence-corrected chi connectivity index (χ0v) is 11.1. The minimum atomic E-state index is 1.20. The second-order valence-electron chi connectivity index (χ2n) is 4.58. The van der Waals surface area contributed by atoms with Crippen molar-refractivity contribution >= 4 is 32.2 Å². The summed E-state index contributed by atoms with van der Waals surface area (Å²) in [6, 6.07) is 13.3. The first-order valence-corrected chi connectivity index (χ1v) is 7.02. The monoisotopic (exact) mass is 240 g/mol. The summed E-state index contributed by atoms with van der Waals surface area (Å²) in [5.74, 6) is 0. The van der Waals surface area contributed by atoms with Crippen LogP contribution in [0, 0.1) is 6.92 Å². The third-order valence-corrected chi connectivity index (χ3v) is 4.47. The largest absolute Gasteiger partial charge is 0.140 e. The first-order valence-electron chi connectivity index (χ1n) is 6.20. The molecule has 1 heterocycles. The molecule has 0 saturated carbocycles. The highest BCUT2D eigenvalue weighted by Gasteiger charge is 2.08. The number of benzene rings is 2. The molecule has 0 fully saturated rings. The number of rotatable bonds is 2. The Bertz CT molecular complexity index is 676. The van der Waals surface area contributed by atoms with E-state index in [0.717, 1.165) is 0 Å². The van der Waals surface area contributed by atoms with Gasteiger partial charge in [0.25, 0.3) is 0 Å². The van der Waals surface area contributed by atoms with Crippen molar-refractivity contribution in [1.82, 2.24) is 0 Å². The van der Waals surface area contributed by atoms with Gasteiger partial charge in [-0.2, -0.15) is 0 Å². The Balaban J connectivity index is 2.36. The van der Waals surface area contributed by atoms with Gasteiger partial charge in [0, 0.05) is 9.58 Å². The SMILES string of the molecule is CCCc1c(C)sc2cc3ccccc3cc12. The zero-order chi connectivity index (χ0) is 11.8. The lowest BCUT2D eigenvalue weighted by molar-refractivity contribution is 0.927. The van der Waals surface area contributed by atoms with Gasteiger partial charge in [-0.3, -0.25) is 0 Å². The Kier molecular flexibility index (Phi) is 2.64. The van der Waals surface area contributed by atoms with Crippen molar-refractivity contribution in [3.8, 4) is 0 Å². The standard InChI is InChI=1S/C16H16S/c1-3-6-14-11(2)17-16-10-13-8-5-4-7-12(13)9-15(14)16/h4-5,7-10H,3,6H2,1-2H3. The molecule has 1 heteroatoms. The van der Waals surface area contributed by atoms with Crippen LogP contribution >= 0.6 is 11.3 Å². The van der Waals surface area contributed by atoms with Crippen LogP contribution in [0.5, 0.6) is 0 Å². The van der Waals surface area contributed by atoms with Crippen molar-refractivity contribution in [2.24, 2.45) is 0 Å². The Morgan fingerprint density at radius 2 is 1.76 bits per heavy atom. The van der Waals surface area contributed by atoms with Gasteiger partial charge in [-0.1, -0.05) is 37.6 Å². The molecule has 17 heavy (non-hydrogen) atoms. The summed E-state index contributed by atoms with van der Waals surface area (Å²) in [5, 5.41) is 4.17. The van der Waals surface area contributed by atoms with E-state index < -0.39 is 0 Å². The first kappa shape index (κ1) is 10.8. The van der Waals surface area contributed by atoms with E-state index in [9.17, 15) is 0 Å². The first-order chi connectivity index (χ1) is 8.29. The smallest absolute Gasteiger partial charge is 0.0354 e. The molecule has 0 aliphatic heterocycles. The van der Waals surface area contributed by atoms with E-state index in [1.165, 1.54) is 38.6 Å². The molecule has 86 valence electrons. The van der Waals surface area contributed by atoms with Gasteiger partial charge in [0.1, 0.15) is 0 Å². The molecule has 0 aliphatic rings. The van der Waals surface area contributed by atoms with E-state index in [1.54, 1.807) is 5.56 Å². The third-order valence-electron chi connectivity index (χ3n) is 3.36. The van der Waals surface area contributed by atoms with Gasteiger partial charge < -0.3 is 0 Å². The number of thiophene rings is 1. The molecule has 0 aliphatic carbocycles. The summed E-state index contributed by atoms with van der Waals surface area (Å²) in [6.07, 6.45) is 2.42. The van der Waals surface area contributed by atoms with Crippen LogP contribution in [0.25, 0.3) is 20.9 Å². The average Bonchev–Trinajstić information content (AvgIpc) is 2.63. The maximum atomic E-state index is 2.36. The molecule has 0 amide bonds. The summed E-state index contributed by atoms with van der Waals surface area (Å²) < 4.78 is 1.43. The maximum Gasteiger partial charge on any atom is 0.0354 e. The molecule has 3 aromatic rings. The zero-order valence-electron chi connectivity index (χ0n) is 10.3. The summed E-state index contributed by atoms with van der Waals surface area (Å²) in [7, 11) is 0. The summed E-state index contributed by atoms with van der Waals surface area (Å²) in [6.45, 7) is 4.50. The van der Waals surface area contributed by atoms with Crippen LogP contribution in [-0.2, 0) is 6.42 Å². The summed E-state index contributed by atoms with van der Waals surface area (Å²) >= 11 is 1.93. The van der Waals surface area contributed by atoms with Gasteiger partial charge in [0.2, 0.25) is 0 Å². The van der Waals surface area contributed by atoms with Crippen molar-refractivity contribution < 1.29 is 0 Å². The van der Waals surface area contributed by atoms with E-state index in [2.05, 4.69) is 50.2 Å². The van der Waals surface area contributed by atoms with Crippen molar-refractivity contribution in [2.45, 2.75) is 26.7 Å². The number of hydrogen-bond donors (Lipinski definition) is 0. The Morgan fingerprint density at radius 1 is 1.06 bits per heavy atom. The molecular formula is C16H16S. The molecular weight excluding hydrogens is 224 g/mol. The van der Waals surface area contributed by atoms with Crippen LogP contribution in [0.3, 0.4) is 0 Å². The molecule has 0 saturated heterocycles. The minimum Gasteiger partial charge on any atom is -0.140 e. The van der Waals surface area contributed by atoms with E-state index in [-0.39, 0.29) is 0 Å². The lowest BCUT2D eigenvalue weighted by Gasteiger charge is -2.01. The lowest BCUT2D eigenvalue weighted by atomic mass is 10.0. The topological polar surface area (TPSA) is 0 Å². The number of fused-ring (bicyclic) bond motifs is 2. The second kappa shape index (κ2) is 4.15. The molecule has 1 aromatic heterocycles. The highest BCUT2D eigenvalue weighted by atomic mass is 32.1. The summed E-state index contributed by atoms with van der Waals surface area (Å²) in [5.41, 5.74) is 1.55. The van der Waals surface area contributed by atoms with Crippen molar-refractivity contribution in [3.05, 3.63) is 46.8 Å². The lowest BCUT2D eigenvalue weighted by Crippen LogP contribution is -1.83. The van der Waals surface area contributed by atoms with Crippen LogP contribution in [0.2, 0.25) is 0 Å². The van der Waals surface area contributed by atoms with Crippen LogP contribution < -0.4 is 0 Å². The average molecular weight is 240 g/mol. The maximum absolute atomic E-state index is 2.36. The van der Waals surface area contributed by atoms with Crippen LogP contribution in [0.4, 0.5) is 0 Å². The predicted molar refractivity (Wildman–Crippen MR) is 78.1 cm³/mol. The van der Waals surface area contributed by atoms with E-state index in [4.69, 9.17) is 0 Å². The fraction of sp³-hybridized carbons (Fsp3) is 0.250. The molecule has 2 aromatic carbocycles. The van der Waals surface area contributed by atoms with Gasteiger partial charge in [0.15, 0.2) is 0 Å². The van der Waals surface area contributed by atoms with Gasteiger partial charge in [-0.15, -0.1) is 11.3 Å². The Morgan fingerprint density at radius 3 is 2.47 bits per heavy atom. The normalized spacial score (nSPS) is 11.4. The van der Waals surface area contributed by atoms with Crippen molar-refractivity contribution in [2.75, 3.05) is 0 Å². The van der Waals surface area contributed by atoms with Gasteiger partial charge in [-0.05, 0) is 47.2 Å².